The molecule has 1 saturated heterocycles. The maximum absolute atomic E-state index is 12.7. The minimum absolute atomic E-state index is 0.108. The highest BCUT2D eigenvalue weighted by atomic mass is 32.2. The summed E-state index contributed by atoms with van der Waals surface area (Å²) in [6, 6.07) is 3.94. The van der Waals surface area contributed by atoms with E-state index in [1.165, 1.54) is 22.7 Å². The zero-order chi connectivity index (χ0) is 15.7. The molecule has 1 fully saturated rings. The number of amides is 1. The molecule has 1 aromatic rings. The van der Waals surface area contributed by atoms with Crippen LogP contribution in [0.2, 0.25) is 0 Å². The van der Waals surface area contributed by atoms with E-state index < -0.39 is 17.9 Å². The number of hydrogen-bond acceptors (Lipinski definition) is 4. The average molecular weight is 309 g/mol. The second-order valence-electron chi connectivity index (χ2n) is 5.55. The van der Waals surface area contributed by atoms with Gasteiger partial charge >= 0.3 is 5.97 Å². The summed E-state index contributed by atoms with van der Waals surface area (Å²) in [5.41, 5.74) is 0.995. The van der Waals surface area contributed by atoms with E-state index in [2.05, 4.69) is 0 Å². The minimum Gasteiger partial charge on any atom is -0.507 e. The van der Waals surface area contributed by atoms with Crippen molar-refractivity contribution in [2.45, 2.75) is 32.2 Å². The predicted octanol–water partition coefficient (Wildman–Crippen LogP) is 2.32. The van der Waals surface area contributed by atoms with E-state index in [1.807, 2.05) is 20.8 Å². The van der Waals surface area contributed by atoms with E-state index in [1.54, 1.807) is 12.1 Å². The van der Waals surface area contributed by atoms with Crippen molar-refractivity contribution in [2.24, 2.45) is 5.92 Å². The Hall–Kier alpha value is -1.69. The Balaban J connectivity index is 2.39. The first kappa shape index (κ1) is 15.7. The number of carbonyl (C=O) groups is 2. The molecule has 0 bridgehead atoms. The number of carboxylic acid groups (broad SMARTS) is 1. The Morgan fingerprint density at radius 1 is 1.38 bits per heavy atom. The first-order valence-corrected chi connectivity index (χ1v) is 7.84. The lowest BCUT2D eigenvalue weighted by molar-refractivity contribution is -0.141. The van der Waals surface area contributed by atoms with Gasteiger partial charge in [0.15, 0.2) is 0 Å². The van der Waals surface area contributed by atoms with Gasteiger partial charge in [0, 0.05) is 5.75 Å². The molecule has 1 amide bonds. The molecule has 21 heavy (non-hydrogen) atoms. The molecule has 2 atom stereocenters. The zero-order valence-electron chi connectivity index (χ0n) is 12.2. The molecule has 0 aliphatic carbocycles. The molecule has 2 rings (SSSR count). The summed E-state index contributed by atoms with van der Waals surface area (Å²) in [4.78, 5) is 25.5. The molecule has 1 aliphatic rings. The van der Waals surface area contributed by atoms with Crippen LogP contribution in [0.3, 0.4) is 0 Å². The average Bonchev–Trinajstić information content (AvgIpc) is 2.82. The smallest absolute Gasteiger partial charge is 0.327 e. The lowest BCUT2D eigenvalue weighted by Crippen LogP contribution is -2.47. The van der Waals surface area contributed by atoms with Crippen LogP contribution in [0.25, 0.3) is 0 Å². The number of hydrogen-bond donors (Lipinski definition) is 2. The van der Waals surface area contributed by atoms with Crippen LogP contribution >= 0.6 is 11.8 Å². The standard InChI is InChI=1S/C15H19NO4S/c1-8(2)14-16(11(7-21-14)15(19)20)13(18)10-5-4-9(3)6-12(10)17/h4-6,8,11,14,17H,7H2,1-3H3,(H,19,20). The lowest BCUT2D eigenvalue weighted by Gasteiger charge is -2.30. The molecule has 0 spiro atoms. The second kappa shape index (κ2) is 5.97. The molecule has 0 radical (unpaired) electrons. The maximum Gasteiger partial charge on any atom is 0.327 e. The molecular formula is C15H19NO4S. The van der Waals surface area contributed by atoms with Crippen molar-refractivity contribution < 1.29 is 19.8 Å². The summed E-state index contributed by atoms with van der Waals surface area (Å²) in [5.74, 6) is -1.04. The van der Waals surface area contributed by atoms with E-state index in [-0.39, 0.29) is 22.6 Å². The molecule has 2 unspecified atom stereocenters. The fourth-order valence-electron chi connectivity index (χ4n) is 2.45. The molecule has 1 aliphatic heterocycles. The molecule has 0 saturated carbocycles. The van der Waals surface area contributed by atoms with Gasteiger partial charge < -0.3 is 15.1 Å². The number of aliphatic carboxylic acids is 1. The Morgan fingerprint density at radius 3 is 2.57 bits per heavy atom. The highest BCUT2D eigenvalue weighted by molar-refractivity contribution is 8.00. The second-order valence-corrected chi connectivity index (χ2v) is 6.70. The van der Waals surface area contributed by atoms with E-state index in [0.717, 1.165) is 5.56 Å². The van der Waals surface area contributed by atoms with Gasteiger partial charge in [-0.25, -0.2) is 4.79 Å². The van der Waals surface area contributed by atoms with Crippen molar-refractivity contribution in [2.75, 3.05) is 5.75 Å². The van der Waals surface area contributed by atoms with Crippen LogP contribution in [-0.2, 0) is 4.79 Å². The summed E-state index contributed by atoms with van der Waals surface area (Å²) < 4.78 is 0. The van der Waals surface area contributed by atoms with Gasteiger partial charge in [-0.15, -0.1) is 11.8 Å². The SMILES string of the molecule is Cc1ccc(C(=O)N2C(C(=O)O)CSC2C(C)C)c(O)c1. The number of aromatic hydroxyl groups is 1. The Kier molecular flexibility index (Phi) is 4.46. The van der Waals surface area contributed by atoms with E-state index in [9.17, 15) is 19.8 Å². The lowest BCUT2D eigenvalue weighted by atomic mass is 10.1. The van der Waals surface area contributed by atoms with Crippen molar-refractivity contribution in [1.82, 2.24) is 4.90 Å². The first-order valence-electron chi connectivity index (χ1n) is 6.79. The maximum atomic E-state index is 12.7. The molecule has 1 aromatic carbocycles. The van der Waals surface area contributed by atoms with Crippen molar-refractivity contribution in [1.29, 1.82) is 0 Å². The third-order valence-electron chi connectivity index (χ3n) is 3.51. The molecule has 5 nitrogen and oxygen atoms in total. The number of rotatable bonds is 3. The van der Waals surface area contributed by atoms with Crippen LogP contribution in [0.15, 0.2) is 18.2 Å². The third kappa shape index (κ3) is 3.00. The number of aryl methyl sites for hydroxylation is 1. The molecule has 1 heterocycles. The van der Waals surface area contributed by atoms with Gasteiger partial charge in [0.2, 0.25) is 0 Å². The van der Waals surface area contributed by atoms with Crippen LogP contribution in [0, 0.1) is 12.8 Å². The molecule has 6 heteroatoms. The normalized spacial score (nSPS) is 21.8. The number of nitrogens with zero attached hydrogens (tertiary/aromatic N) is 1. The topological polar surface area (TPSA) is 77.8 Å². The molecule has 0 aromatic heterocycles. The van der Waals surface area contributed by atoms with Gasteiger partial charge in [0.05, 0.1) is 10.9 Å². The third-order valence-corrected chi connectivity index (χ3v) is 5.13. The van der Waals surface area contributed by atoms with Gasteiger partial charge in [0.25, 0.3) is 5.91 Å². The van der Waals surface area contributed by atoms with E-state index in [0.29, 0.717) is 5.75 Å². The zero-order valence-corrected chi connectivity index (χ0v) is 13.1. The van der Waals surface area contributed by atoms with Crippen molar-refractivity contribution in [3.63, 3.8) is 0 Å². The van der Waals surface area contributed by atoms with Gasteiger partial charge in [0.1, 0.15) is 11.8 Å². The molecule has 114 valence electrons. The largest absolute Gasteiger partial charge is 0.507 e. The Bertz CT molecular complexity index is 573. The summed E-state index contributed by atoms with van der Waals surface area (Å²) in [6.07, 6.45) is 0. The highest BCUT2D eigenvalue weighted by Crippen LogP contribution is 2.36. The van der Waals surface area contributed by atoms with E-state index in [4.69, 9.17) is 0 Å². The first-order chi connectivity index (χ1) is 9.82. The van der Waals surface area contributed by atoms with Crippen LogP contribution in [0.1, 0.15) is 29.8 Å². The van der Waals surface area contributed by atoms with Crippen LogP contribution in [-0.4, -0.2) is 44.2 Å². The summed E-state index contributed by atoms with van der Waals surface area (Å²) in [5, 5.41) is 19.1. The number of carbonyl (C=O) groups excluding carboxylic acids is 1. The number of thioether (sulfide) groups is 1. The van der Waals surface area contributed by atoms with Crippen LogP contribution in [0.4, 0.5) is 0 Å². The fraction of sp³-hybridized carbons (Fsp3) is 0.467. The van der Waals surface area contributed by atoms with Gasteiger partial charge in [-0.2, -0.15) is 0 Å². The monoisotopic (exact) mass is 309 g/mol. The summed E-state index contributed by atoms with van der Waals surface area (Å²) >= 11 is 1.47. The highest BCUT2D eigenvalue weighted by Gasteiger charge is 2.43. The number of phenolic OH excluding ortho intramolecular Hbond substituents is 1. The number of benzene rings is 1. The molecular weight excluding hydrogens is 290 g/mol. The van der Waals surface area contributed by atoms with Crippen molar-refractivity contribution in [3.05, 3.63) is 29.3 Å². The fourth-order valence-corrected chi connectivity index (χ4v) is 3.92. The number of phenols is 1. The summed E-state index contributed by atoms with van der Waals surface area (Å²) in [6.45, 7) is 5.73. The van der Waals surface area contributed by atoms with Gasteiger partial charge in [-0.05, 0) is 30.5 Å². The minimum atomic E-state index is -1.01. The van der Waals surface area contributed by atoms with E-state index >= 15 is 0 Å². The predicted molar refractivity (Wildman–Crippen MR) is 81.5 cm³/mol. The van der Waals surface area contributed by atoms with Gasteiger partial charge in [-0.3, -0.25) is 4.79 Å². The van der Waals surface area contributed by atoms with Crippen molar-refractivity contribution in [3.8, 4) is 5.75 Å². The molecule has 2 N–H and O–H groups in total. The Morgan fingerprint density at radius 2 is 2.05 bits per heavy atom. The summed E-state index contributed by atoms with van der Waals surface area (Å²) in [7, 11) is 0. The number of carboxylic acids is 1. The van der Waals surface area contributed by atoms with Crippen molar-refractivity contribution >= 4 is 23.6 Å². The van der Waals surface area contributed by atoms with Gasteiger partial charge in [-0.1, -0.05) is 19.9 Å². The quantitative estimate of drug-likeness (QED) is 0.896. The van der Waals surface area contributed by atoms with Crippen LogP contribution in [0.5, 0.6) is 5.75 Å². The van der Waals surface area contributed by atoms with Crippen LogP contribution < -0.4 is 0 Å². The Labute approximate surface area is 128 Å².